The molecule has 0 saturated heterocycles. The number of nitrogens with one attached hydrogen (secondary N) is 1. The quantitative estimate of drug-likeness (QED) is 0.318. The third-order valence-electron chi connectivity index (χ3n) is 5.90. The van der Waals surface area contributed by atoms with Crippen molar-refractivity contribution in [1.82, 2.24) is 20.1 Å². The first kappa shape index (κ1) is 22.2. The summed E-state index contributed by atoms with van der Waals surface area (Å²) in [4.78, 5) is 19.1. The summed E-state index contributed by atoms with van der Waals surface area (Å²) in [5, 5.41) is 10.8. The van der Waals surface area contributed by atoms with Crippen molar-refractivity contribution < 1.29 is 4.79 Å². The molecule has 3 heterocycles. The summed E-state index contributed by atoms with van der Waals surface area (Å²) in [6.07, 6.45) is 6.37. The lowest BCUT2D eigenvalue weighted by atomic mass is 9.99. The van der Waals surface area contributed by atoms with Crippen molar-refractivity contribution in [3.05, 3.63) is 71.4 Å². The van der Waals surface area contributed by atoms with Crippen molar-refractivity contribution in [2.75, 3.05) is 6.54 Å². The van der Waals surface area contributed by atoms with Gasteiger partial charge in [-0.1, -0.05) is 69.5 Å². The maximum absolute atomic E-state index is 13.3. The number of fused-ring (bicyclic) bond motifs is 1. The molecule has 1 amide bonds. The van der Waals surface area contributed by atoms with Gasteiger partial charge in [-0.3, -0.25) is 4.79 Å². The molecule has 0 aliphatic heterocycles. The summed E-state index contributed by atoms with van der Waals surface area (Å²) in [6, 6.07) is 16.2. The van der Waals surface area contributed by atoms with Gasteiger partial charge in [0.25, 0.3) is 5.91 Å². The highest BCUT2D eigenvalue weighted by molar-refractivity contribution is 7.13. The largest absolute Gasteiger partial charge is 0.350 e. The van der Waals surface area contributed by atoms with Gasteiger partial charge in [-0.05, 0) is 35.4 Å². The van der Waals surface area contributed by atoms with Gasteiger partial charge < -0.3 is 5.32 Å². The van der Waals surface area contributed by atoms with Crippen molar-refractivity contribution in [2.24, 2.45) is 5.92 Å². The van der Waals surface area contributed by atoms with Crippen LogP contribution in [0.25, 0.3) is 21.5 Å². The maximum Gasteiger partial charge on any atom is 0.272 e. The lowest BCUT2D eigenvalue weighted by Gasteiger charge is -2.14. The van der Waals surface area contributed by atoms with Crippen LogP contribution in [-0.4, -0.2) is 27.2 Å². The molecule has 166 valence electrons. The SMILES string of the molecule is CCCC[C@H](CC)CNC(=O)c1nn(Cc2ccccc2)c2nccc(-c3cccs3)c12. The molecule has 0 radical (unpaired) electrons. The van der Waals surface area contributed by atoms with Crippen molar-refractivity contribution in [2.45, 2.75) is 46.1 Å². The van der Waals surface area contributed by atoms with Crippen LogP contribution in [0.1, 0.15) is 55.6 Å². The molecule has 3 aromatic heterocycles. The molecule has 1 atom stereocenters. The Balaban J connectivity index is 1.71. The van der Waals surface area contributed by atoms with Crippen LogP contribution in [0, 0.1) is 5.92 Å². The predicted octanol–water partition coefficient (Wildman–Crippen LogP) is 6.15. The van der Waals surface area contributed by atoms with Crippen molar-refractivity contribution in [1.29, 1.82) is 0 Å². The molecule has 32 heavy (non-hydrogen) atoms. The zero-order valence-electron chi connectivity index (χ0n) is 18.8. The second-order valence-electron chi connectivity index (χ2n) is 8.15. The molecule has 6 heteroatoms. The Morgan fingerprint density at radius 1 is 1.12 bits per heavy atom. The van der Waals surface area contributed by atoms with Crippen LogP contribution >= 0.6 is 11.3 Å². The lowest BCUT2D eigenvalue weighted by molar-refractivity contribution is 0.0941. The van der Waals surface area contributed by atoms with E-state index >= 15 is 0 Å². The third-order valence-corrected chi connectivity index (χ3v) is 6.81. The fraction of sp³-hybridized carbons (Fsp3) is 0.346. The zero-order valence-corrected chi connectivity index (χ0v) is 19.6. The van der Waals surface area contributed by atoms with Gasteiger partial charge in [0.2, 0.25) is 0 Å². The van der Waals surface area contributed by atoms with E-state index in [2.05, 4.69) is 47.7 Å². The number of amides is 1. The fourth-order valence-electron chi connectivity index (χ4n) is 4.02. The van der Waals surface area contributed by atoms with E-state index in [9.17, 15) is 4.79 Å². The van der Waals surface area contributed by atoms with E-state index in [1.807, 2.05) is 35.0 Å². The molecule has 0 bridgehead atoms. The molecule has 0 fully saturated rings. The molecular weight excluding hydrogens is 416 g/mol. The van der Waals surface area contributed by atoms with Gasteiger partial charge in [0.15, 0.2) is 11.3 Å². The highest BCUT2D eigenvalue weighted by Gasteiger charge is 2.22. The standard InChI is InChI=1S/C26H30N4OS/c1-3-5-10-19(4-2)17-28-26(31)24-23-21(22-13-9-16-32-22)14-15-27-25(23)30(29-24)18-20-11-7-6-8-12-20/h6-9,11-16,19H,3-5,10,17-18H2,1-2H3,(H,28,31)/t19-/m0/s1. The van der Waals surface area contributed by atoms with Crippen LogP contribution in [0.4, 0.5) is 0 Å². The Hall–Kier alpha value is -2.99. The van der Waals surface area contributed by atoms with E-state index < -0.39 is 0 Å². The van der Waals surface area contributed by atoms with Crippen LogP contribution in [0.15, 0.2) is 60.1 Å². The normalized spacial score (nSPS) is 12.2. The Bertz CT molecular complexity index is 1150. The second-order valence-corrected chi connectivity index (χ2v) is 9.10. The number of aromatic nitrogens is 3. The number of nitrogens with zero attached hydrogens (tertiary/aromatic N) is 3. The number of carbonyl (C=O) groups excluding carboxylic acids is 1. The van der Waals surface area contributed by atoms with Gasteiger partial charge >= 0.3 is 0 Å². The van der Waals surface area contributed by atoms with Crippen molar-refractivity contribution in [3.8, 4) is 10.4 Å². The predicted molar refractivity (Wildman–Crippen MR) is 132 cm³/mol. The summed E-state index contributed by atoms with van der Waals surface area (Å²) in [5.41, 5.74) is 3.32. The van der Waals surface area contributed by atoms with E-state index in [0.717, 1.165) is 39.9 Å². The number of rotatable bonds is 10. The summed E-state index contributed by atoms with van der Waals surface area (Å²) in [7, 11) is 0. The molecule has 0 unspecified atom stereocenters. The van der Waals surface area contributed by atoms with E-state index in [0.29, 0.717) is 24.7 Å². The topological polar surface area (TPSA) is 59.8 Å². The number of carbonyl (C=O) groups is 1. The number of pyridine rings is 1. The summed E-state index contributed by atoms with van der Waals surface area (Å²) >= 11 is 1.66. The highest BCUT2D eigenvalue weighted by atomic mass is 32.1. The molecule has 0 aliphatic carbocycles. The minimum absolute atomic E-state index is 0.123. The maximum atomic E-state index is 13.3. The van der Waals surface area contributed by atoms with Gasteiger partial charge in [0.1, 0.15) is 0 Å². The molecule has 1 N–H and O–H groups in total. The average molecular weight is 447 g/mol. The molecule has 0 aliphatic rings. The van der Waals surface area contributed by atoms with Gasteiger partial charge in [0, 0.05) is 23.2 Å². The summed E-state index contributed by atoms with van der Waals surface area (Å²) < 4.78 is 1.85. The van der Waals surface area contributed by atoms with E-state index in [1.165, 1.54) is 12.8 Å². The smallest absolute Gasteiger partial charge is 0.272 e. The number of hydrogen-bond acceptors (Lipinski definition) is 4. The number of benzene rings is 1. The van der Waals surface area contributed by atoms with E-state index in [4.69, 9.17) is 5.10 Å². The van der Waals surface area contributed by atoms with E-state index in [-0.39, 0.29) is 5.91 Å². The molecular formula is C26H30N4OS. The molecule has 0 saturated carbocycles. The minimum atomic E-state index is -0.123. The van der Waals surface area contributed by atoms with Crippen molar-refractivity contribution in [3.63, 3.8) is 0 Å². The molecule has 4 aromatic rings. The van der Waals surface area contributed by atoms with Gasteiger partial charge in [-0.25, -0.2) is 9.67 Å². The Kier molecular flexibility index (Phi) is 7.32. The minimum Gasteiger partial charge on any atom is -0.350 e. The monoisotopic (exact) mass is 446 g/mol. The van der Waals surface area contributed by atoms with Crippen LogP contribution in [0.2, 0.25) is 0 Å². The zero-order chi connectivity index (χ0) is 22.3. The van der Waals surface area contributed by atoms with Crippen LogP contribution < -0.4 is 5.32 Å². The molecule has 4 rings (SSSR count). The number of hydrogen-bond donors (Lipinski definition) is 1. The Morgan fingerprint density at radius 3 is 2.69 bits per heavy atom. The molecule has 1 aromatic carbocycles. The Morgan fingerprint density at radius 2 is 1.97 bits per heavy atom. The van der Waals surface area contributed by atoms with Crippen molar-refractivity contribution >= 4 is 28.3 Å². The summed E-state index contributed by atoms with van der Waals surface area (Å²) in [6.45, 7) is 5.64. The van der Waals surface area contributed by atoms with Gasteiger partial charge in [-0.2, -0.15) is 5.10 Å². The van der Waals surface area contributed by atoms with Crippen LogP contribution in [-0.2, 0) is 6.54 Å². The average Bonchev–Trinajstić information content (AvgIpc) is 3.49. The number of thiophene rings is 1. The highest BCUT2D eigenvalue weighted by Crippen LogP contribution is 2.33. The molecule has 0 spiro atoms. The van der Waals surface area contributed by atoms with Gasteiger partial charge in [0.05, 0.1) is 11.9 Å². The first-order valence-corrected chi connectivity index (χ1v) is 12.3. The van der Waals surface area contributed by atoms with Crippen LogP contribution in [0.5, 0.6) is 0 Å². The first-order valence-electron chi connectivity index (χ1n) is 11.4. The Labute approximate surface area is 193 Å². The number of unbranched alkanes of at least 4 members (excludes halogenated alkanes) is 1. The fourth-order valence-corrected chi connectivity index (χ4v) is 4.78. The molecule has 5 nitrogen and oxygen atoms in total. The summed E-state index contributed by atoms with van der Waals surface area (Å²) in [5.74, 6) is 0.369. The van der Waals surface area contributed by atoms with E-state index in [1.54, 1.807) is 17.5 Å². The lowest BCUT2D eigenvalue weighted by Crippen LogP contribution is -2.29. The van der Waals surface area contributed by atoms with Gasteiger partial charge in [-0.15, -0.1) is 11.3 Å². The third kappa shape index (κ3) is 4.91. The van der Waals surface area contributed by atoms with Crippen LogP contribution in [0.3, 0.4) is 0 Å². The second kappa shape index (κ2) is 10.6. The first-order chi connectivity index (χ1) is 15.7.